The lowest BCUT2D eigenvalue weighted by Crippen LogP contribution is -1.85. The lowest BCUT2D eigenvalue weighted by Gasteiger charge is -1.99. The van der Waals surface area contributed by atoms with E-state index in [1.54, 1.807) is 0 Å². The summed E-state index contributed by atoms with van der Waals surface area (Å²) < 4.78 is 5.38. The second kappa shape index (κ2) is 4.68. The Morgan fingerprint density at radius 3 is 2.50 bits per heavy atom. The van der Waals surface area contributed by atoms with Gasteiger partial charge in [0.2, 0.25) is 5.89 Å². The molecular weight excluding hydrogens is 226 g/mol. The number of aryl methyl sites for hydroxylation is 1. The van der Waals surface area contributed by atoms with Gasteiger partial charge < -0.3 is 9.52 Å². The van der Waals surface area contributed by atoms with Gasteiger partial charge in [0.1, 0.15) is 11.5 Å². The van der Waals surface area contributed by atoms with E-state index in [9.17, 15) is 0 Å². The molecule has 1 aromatic heterocycles. The molecule has 84 valence electrons. The number of oxazole rings is 1. The van der Waals surface area contributed by atoms with Crippen molar-refractivity contribution in [2.75, 3.05) is 0 Å². The maximum Gasteiger partial charge on any atom is 0.209 e. The quantitative estimate of drug-likeness (QED) is 0.835. The minimum atomic E-state index is 0.0466. The largest absolute Gasteiger partial charge is 0.444 e. The molecule has 1 N–H and O–H groups in total. The summed E-state index contributed by atoms with van der Waals surface area (Å²) in [6.07, 6.45) is 0. The molecule has 2 rings (SSSR count). The Morgan fingerprint density at radius 2 is 2.00 bits per heavy atom. The van der Waals surface area contributed by atoms with E-state index in [2.05, 4.69) is 4.98 Å². The van der Waals surface area contributed by atoms with Gasteiger partial charge in [-0.2, -0.15) is 0 Å². The van der Waals surface area contributed by atoms with Crippen molar-refractivity contribution in [1.29, 1.82) is 0 Å². The molecule has 2 aromatic rings. The molecule has 0 amide bonds. The van der Waals surface area contributed by atoms with Gasteiger partial charge in [0, 0.05) is 5.56 Å². The van der Waals surface area contributed by atoms with Gasteiger partial charge in [0.25, 0.3) is 0 Å². The van der Waals surface area contributed by atoms with Crippen LogP contribution in [0.4, 0.5) is 0 Å². The lowest BCUT2D eigenvalue weighted by atomic mass is 10.1. The number of alkyl halides is 1. The van der Waals surface area contributed by atoms with Crippen molar-refractivity contribution >= 4 is 11.6 Å². The first-order valence-corrected chi connectivity index (χ1v) is 5.50. The van der Waals surface area contributed by atoms with Crippen LogP contribution in [0.15, 0.2) is 28.7 Å². The minimum absolute atomic E-state index is 0.0466. The Kier molecular flexibility index (Phi) is 3.27. The van der Waals surface area contributed by atoms with E-state index in [-0.39, 0.29) is 12.5 Å². The molecule has 0 aliphatic carbocycles. The van der Waals surface area contributed by atoms with Gasteiger partial charge in [0.15, 0.2) is 0 Å². The van der Waals surface area contributed by atoms with Gasteiger partial charge in [-0.1, -0.05) is 24.3 Å². The zero-order valence-electron chi connectivity index (χ0n) is 8.90. The number of aliphatic hydroxyl groups is 1. The van der Waals surface area contributed by atoms with Crippen molar-refractivity contribution < 1.29 is 9.52 Å². The molecule has 1 heterocycles. The summed E-state index contributed by atoms with van der Waals surface area (Å²) in [6, 6.07) is 7.55. The summed E-state index contributed by atoms with van der Waals surface area (Å²) >= 11 is 5.66. The fourth-order valence-corrected chi connectivity index (χ4v) is 1.66. The maximum atomic E-state index is 8.94. The van der Waals surface area contributed by atoms with E-state index in [1.165, 1.54) is 0 Å². The molecule has 16 heavy (non-hydrogen) atoms. The fourth-order valence-electron chi connectivity index (χ4n) is 1.54. The van der Waals surface area contributed by atoms with Crippen LogP contribution in [0.3, 0.4) is 0 Å². The van der Waals surface area contributed by atoms with Crippen LogP contribution in [-0.2, 0) is 12.5 Å². The number of benzene rings is 1. The number of nitrogens with zero attached hydrogens (tertiary/aromatic N) is 1. The lowest BCUT2D eigenvalue weighted by molar-refractivity contribution is 0.282. The zero-order chi connectivity index (χ0) is 11.5. The standard InChI is InChI=1S/C12H12ClNO2/c1-8-12(14-11(6-13)16-8)10-4-2-9(7-15)3-5-10/h2-5,15H,6-7H2,1H3. The second-order valence-corrected chi connectivity index (χ2v) is 3.77. The van der Waals surface area contributed by atoms with Crippen LogP contribution >= 0.6 is 11.6 Å². The van der Waals surface area contributed by atoms with Gasteiger partial charge in [-0.3, -0.25) is 0 Å². The van der Waals surface area contributed by atoms with Crippen molar-refractivity contribution in [2.45, 2.75) is 19.4 Å². The van der Waals surface area contributed by atoms with Gasteiger partial charge >= 0.3 is 0 Å². The molecule has 0 unspecified atom stereocenters. The highest BCUT2D eigenvalue weighted by Crippen LogP contribution is 2.24. The third-order valence-electron chi connectivity index (χ3n) is 2.37. The first kappa shape index (κ1) is 11.2. The molecule has 0 radical (unpaired) electrons. The van der Waals surface area contributed by atoms with Crippen LogP contribution in [0.5, 0.6) is 0 Å². The van der Waals surface area contributed by atoms with Gasteiger partial charge in [-0.15, -0.1) is 11.6 Å². The van der Waals surface area contributed by atoms with E-state index in [1.807, 2.05) is 31.2 Å². The van der Waals surface area contributed by atoms with Crippen molar-refractivity contribution in [3.8, 4) is 11.3 Å². The maximum absolute atomic E-state index is 8.94. The monoisotopic (exact) mass is 237 g/mol. The number of hydrogen-bond donors (Lipinski definition) is 1. The molecular formula is C12H12ClNO2. The molecule has 0 saturated carbocycles. The molecule has 0 aliphatic rings. The Hall–Kier alpha value is -1.32. The molecule has 4 heteroatoms. The van der Waals surface area contributed by atoms with Crippen LogP contribution < -0.4 is 0 Å². The number of rotatable bonds is 3. The minimum Gasteiger partial charge on any atom is -0.444 e. The summed E-state index contributed by atoms with van der Waals surface area (Å²) in [5.74, 6) is 1.56. The Labute approximate surface area is 98.7 Å². The highest BCUT2D eigenvalue weighted by molar-refractivity contribution is 6.16. The van der Waals surface area contributed by atoms with E-state index < -0.39 is 0 Å². The van der Waals surface area contributed by atoms with Crippen LogP contribution in [-0.4, -0.2) is 10.1 Å². The smallest absolute Gasteiger partial charge is 0.209 e. The molecule has 0 bridgehead atoms. The average Bonchev–Trinajstić information content (AvgIpc) is 2.71. The van der Waals surface area contributed by atoms with E-state index in [0.717, 1.165) is 22.6 Å². The summed E-state index contributed by atoms with van der Waals surface area (Å²) in [5.41, 5.74) is 2.65. The van der Waals surface area contributed by atoms with Crippen LogP contribution in [0.2, 0.25) is 0 Å². The topological polar surface area (TPSA) is 46.3 Å². The predicted octanol–water partition coefficient (Wildman–Crippen LogP) is 2.88. The Morgan fingerprint density at radius 1 is 1.31 bits per heavy atom. The Balaban J connectivity index is 2.38. The van der Waals surface area contributed by atoms with Gasteiger partial charge in [0.05, 0.1) is 12.5 Å². The average molecular weight is 238 g/mol. The summed E-state index contributed by atoms with van der Waals surface area (Å²) in [5, 5.41) is 8.94. The molecule has 0 aliphatic heterocycles. The first-order chi connectivity index (χ1) is 7.74. The molecule has 1 aromatic carbocycles. The van der Waals surface area contributed by atoms with E-state index >= 15 is 0 Å². The van der Waals surface area contributed by atoms with Gasteiger partial charge in [-0.25, -0.2) is 4.98 Å². The number of halogens is 1. The third kappa shape index (κ3) is 2.10. The fraction of sp³-hybridized carbons (Fsp3) is 0.250. The van der Waals surface area contributed by atoms with E-state index in [0.29, 0.717) is 5.89 Å². The van der Waals surface area contributed by atoms with Crippen molar-refractivity contribution in [3.05, 3.63) is 41.5 Å². The number of aromatic nitrogens is 1. The summed E-state index contributed by atoms with van der Waals surface area (Å²) in [4.78, 5) is 4.29. The molecule has 3 nitrogen and oxygen atoms in total. The SMILES string of the molecule is Cc1oc(CCl)nc1-c1ccc(CO)cc1. The first-order valence-electron chi connectivity index (χ1n) is 4.97. The summed E-state index contributed by atoms with van der Waals surface area (Å²) in [6.45, 7) is 1.91. The second-order valence-electron chi connectivity index (χ2n) is 3.50. The third-order valence-corrected chi connectivity index (χ3v) is 2.59. The normalized spacial score (nSPS) is 10.7. The van der Waals surface area contributed by atoms with Gasteiger partial charge in [-0.05, 0) is 12.5 Å². The van der Waals surface area contributed by atoms with Crippen LogP contribution in [0.25, 0.3) is 11.3 Å². The Bertz CT molecular complexity index is 476. The molecule has 0 spiro atoms. The predicted molar refractivity (Wildman–Crippen MR) is 62.2 cm³/mol. The van der Waals surface area contributed by atoms with Crippen molar-refractivity contribution in [3.63, 3.8) is 0 Å². The molecule has 0 atom stereocenters. The van der Waals surface area contributed by atoms with Crippen molar-refractivity contribution in [2.24, 2.45) is 0 Å². The highest BCUT2D eigenvalue weighted by atomic mass is 35.5. The van der Waals surface area contributed by atoms with Crippen molar-refractivity contribution in [1.82, 2.24) is 4.98 Å². The molecule has 0 fully saturated rings. The summed E-state index contributed by atoms with van der Waals surface area (Å²) in [7, 11) is 0. The van der Waals surface area contributed by atoms with Crippen LogP contribution in [0, 0.1) is 6.92 Å². The van der Waals surface area contributed by atoms with Crippen LogP contribution in [0.1, 0.15) is 17.2 Å². The number of hydrogen-bond acceptors (Lipinski definition) is 3. The van der Waals surface area contributed by atoms with E-state index in [4.69, 9.17) is 21.1 Å². The number of aliphatic hydroxyl groups excluding tert-OH is 1. The zero-order valence-corrected chi connectivity index (χ0v) is 9.66. The highest BCUT2D eigenvalue weighted by Gasteiger charge is 2.10. The molecule has 0 saturated heterocycles.